The van der Waals surface area contributed by atoms with E-state index in [1.54, 1.807) is 17.5 Å². The molecule has 2 aromatic rings. The molecular weight excluding hydrogens is 326 g/mol. The number of benzene rings is 1. The van der Waals surface area contributed by atoms with Gasteiger partial charge in [0, 0.05) is 0 Å². The summed E-state index contributed by atoms with van der Waals surface area (Å²) in [7, 11) is 0. The fraction of sp³-hybridized carbons (Fsp3) is 0.235. The molecule has 1 atom stereocenters. The zero-order valence-corrected chi connectivity index (χ0v) is 14.1. The second-order valence-corrected chi connectivity index (χ2v) is 6.08. The summed E-state index contributed by atoms with van der Waals surface area (Å²) in [5, 5.41) is 9.56. The van der Waals surface area contributed by atoms with E-state index in [0.29, 0.717) is 4.88 Å². The van der Waals surface area contributed by atoms with Gasteiger partial charge in [-0.05, 0) is 23.9 Å². The van der Waals surface area contributed by atoms with Gasteiger partial charge >= 0.3 is 0 Å². The van der Waals surface area contributed by atoms with Gasteiger partial charge < -0.3 is 16.0 Å². The van der Waals surface area contributed by atoms with Gasteiger partial charge in [0.15, 0.2) is 0 Å². The van der Waals surface area contributed by atoms with Crippen molar-refractivity contribution in [2.45, 2.75) is 13.0 Å². The molecule has 7 heteroatoms. The largest absolute Gasteiger partial charge is 0.348 e. The molecule has 0 bridgehead atoms. The van der Waals surface area contributed by atoms with E-state index in [0.717, 1.165) is 5.56 Å². The Labute approximate surface area is 144 Å². The van der Waals surface area contributed by atoms with Gasteiger partial charge in [0.25, 0.3) is 5.91 Å². The van der Waals surface area contributed by atoms with Crippen LogP contribution >= 0.6 is 11.3 Å². The molecule has 1 aromatic heterocycles. The standard InChI is InChI=1S/C17H19N3O3S/c1-12(13-6-3-2-4-7-13)20-16(22)11-18-15(21)10-19-17(23)14-8-5-9-24-14/h2-9,12H,10-11H2,1H3,(H,18,21)(H,19,23)(H,20,22)/t12-/m1/s1. The number of carbonyl (C=O) groups is 3. The van der Waals surface area contributed by atoms with Crippen molar-refractivity contribution in [2.75, 3.05) is 13.1 Å². The number of thiophene rings is 1. The van der Waals surface area contributed by atoms with Crippen molar-refractivity contribution in [3.8, 4) is 0 Å². The minimum atomic E-state index is -0.414. The molecule has 0 saturated carbocycles. The molecule has 3 N–H and O–H groups in total. The second-order valence-electron chi connectivity index (χ2n) is 5.14. The minimum Gasteiger partial charge on any atom is -0.348 e. The predicted octanol–water partition coefficient (Wildman–Crippen LogP) is 1.47. The highest BCUT2D eigenvalue weighted by Gasteiger charge is 2.12. The Kier molecular flexibility index (Phi) is 6.51. The van der Waals surface area contributed by atoms with E-state index in [9.17, 15) is 14.4 Å². The Balaban J connectivity index is 1.67. The Morgan fingerprint density at radius 1 is 0.958 bits per heavy atom. The first kappa shape index (κ1) is 17.7. The van der Waals surface area contributed by atoms with Crippen LogP contribution in [-0.2, 0) is 9.59 Å². The van der Waals surface area contributed by atoms with Crippen LogP contribution in [0.15, 0.2) is 47.8 Å². The molecule has 0 fully saturated rings. The number of nitrogens with one attached hydrogen (secondary N) is 3. The number of hydrogen-bond acceptors (Lipinski definition) is 4. The Morgan fingerprint density at radius 3 is 2.33 bits per heavy atom. The van der Waals surface area contributed by atoms with Gasteiger partial charge in [-0.3, -0.25) is 14.4 Å². The molecule has 1 heterocycles. The van der Waals surface area contributed by atoms with Crippen molar-refractivity contribution in [3.05, 3.63) is 58.3 Å². The molecule has 0 aliphatic carbocycles. The third-order valence-corrected chi connectivity index (χ3v) is 4.15. The van der Waals surface area contributed by atoms with Crippen LogP contribution in [0.3, 0.4) is 0 Å². The van der Waals surface area contributed by atoms with E-state index in [-0.39, 0.29) is 30.9 Å². The van der Waals surface area contributed by atoms with E-state index < -0.39 is 5.91 Å². The quantitative estimate of drug-likeness (QED) is 0.710. The van der Waals surface area contributed by atoms with E-state index in [1.807, 2.05) is 37.3 Å². The molecule has 3 amide bonds. The normalized spacial score (nSPS) is 11.4. The fourth-order valence-electron chi connectivity index (χ4n) is 2.01. The molecule has 0 aliphatic heterocycles. The first-order chi connectivity index (χ1) is 11.6. The molecule has 0 saturated heterocycles. The van der Waals surface area contributed by atoms with Gasteiger partial charge in [-0.1, -0.05) is 36.4 Å². The summed E-state index contributed by atoms with van der Waals surface area (Å²) >= 11 is 1.30. The van der Waals surface area contributed by atoms with Crippen LogP contribution < -0.4 is 16.0 Å². The van der Waals surface area contributed by atoms with E-state index >= 15 is 0 Å². The van der Waals surface area contributed by atoms with Crippen molar-refractivity contribution < 1.29 is 14.4 Å². The summed E-state index contributed by atoms with van der Waals surface area (Å²) in [6.45, 7) is 1.57. The van der Waals surface area contributed by atoms with Gasteiger partial charge in [-0.25, -0.2) is 0 Å². The van der Waals surface area contributed by atoms with E-state index in [4.69, 9.17) is 0 Å². The molecule has 126 valence electrons. The molecular formula is C17H19N3O3S. The van der Waals surface area contributed by atoms with Gasteiger partial charge in [-0.15, -0.1) is 11.3 Å². The Hall–Kier alpha value is -2.67. The first-order valence-electron chi connectivity index (χ1n) is 7.49. The number of rotatable bonds is 7. The lowest BCUT2D eigenvalue weighted by molar-refractivity contribution is -0.125. The monoisotopic (exact) mass is 345 g/mol. The fourth-order valence-corrected chi connectivity index (χ4v) is 2.65. The molecule has 0 spiro atoms. The summed E-state index contributed by atoms with van der Waals surface area (Å²) in [5.41, 5.74) is 0.986. The third-order valence-electron chi connectivity index (χ3n) is 3.28. The lowest BCUT2D eigenvalue weighted by Gasteiger charge is -2.14. The van der Waals surface area contributed by atoms with Gasteiger partial charge in [0.1, 0.15) is 0 Å². The van der Waals surface area contributed by atoms with Gasteiger partial charge in [-0.2, -0.15) is 0 Å². The highest BCUT2D eigenvalue weighted by molar-refractivity contribution is 7.12. The summed E-state index contributed by atoms with van der Waals surface area (Å²) in [6, 6.07) is 12.8. The zero-order chi connectivity index (χ0) is 17.4. The van der Waals surface area contributed by atoms with Crippen LogP contribution in [0.2, 0.25) is 0 Å². The zero-order valence-electron chi connectivity index (χ0n) is 13.2. The van der Waals surface area contributed by atoms with Crippen LogP contribution in [0, 0.1) is 0 Å². The maximum absolute atomic E-state index is 11.8. The van der Waals surface area contributed by atoms with Gasteiger partial charge in [0.05, 0.1) is 24.0 Å². The van der Waals surface area contributed by atoms with Crippen molar-refractivity contribution in [1.29, 1.82) is 0 Å². The summed E-state index contributed by atoms with van der Waals surface area (Å²) in [6.07, 6.45) is 0. The lowest BCUT2D eigenvalue weighted by Crippen LogP contribution is -2.42. The molecule has 0 radical (unpaired) electrons. The molecule has 1 aromatic carbocycles. The second kappa shape index (κ2) is 8.83. The van der Waals surface area contributed by atoms with Crippen LogP contribution in [0.5, 0.6) is 0 Å². The highest BCUT2D eigenvalue weighted by Crippen LogP contribution is 2.10. The minimum absolute atomic E-state index is 0.134. The van der Waals surface area contributed by atoms with Crippen molar-refractivity contribution >= 4 is 29.1 Å². The Morgan fingerprint density at radius 2 is 1.67 bits per heavy atom. The SMILES string of the molecule is C[C@@H](NC(=O)CNC(=O)CNC(=O)c1cccs1)c1ccccc1. The maximum Gasteiger partial charge on any atom is 0.261 e. The predicted molar refractivity (Wildman–Crippen MR) is 92.7 cm³/mol. The topological polar surface area (TPSA) is 87.3 Å². The summed E-state index contributed by atoms with van der Waals surface area (Å²) in [5.74, 6) is -1.01. The number of amides is 3. The highest BCUT2D eigenvalue weighted by atomic mass is 32.1. The molecule has 6 nitrogen and oxygen atoms in total. The van der Waals surface area contributed by atoms with E-state index in [1.165, 1.54) is 11.3 Å². The van der Waals surface area contributed by atoms with Crippen molar-refractivity contribution in [3.63, 3.8) is 0 Å². The summed E-state index contributed by atoms with van der Waals surface area (Å²) in [4.78, 5) is 35.7. The van der Waals surface area contributed by atoms with Crippen LogP contribution in [0.4, 0.5) is 0 Å². The first-order valence-corrected chi connectivity index (χ1v) is 8.37. The smallest absolute Gasteiger partial charge is 0.261 e. The summed E-state index contributed by atoms with van der Waals surface area (Å²) < 4.78 is 0. The molecule has 0 aliphatic rings. The van der Waals surface area contributed by atoms with Crippen LogP contribution in [0.1, 0.15) is 28.2 Å². The molecule has 0 unspecified atom stereocenters. The Bertz CT molecular complexity index is 686. The average molecular weight is 345 g/mol. The van der Waals surface area contributed by atoms with Gasteiger partial charge in [0.2, 0.25) is 11.8 Å². The number of carbonyl (C=O) groups excluding carboxylic acids is 3. The molecule has 2 rings (SSSR count). The third kappa shape index (κ3) is 5.51. The van der Waals surface area contributed by atoms with E-state index in [2.05, 4.69) is 16.0 Å². The van der Waals surface area contributed by atoms with Crippen LogP contribution in [0.25, 0.3) is 0 Å². The number of hydrogen-bond donors (Lipinski definition) is 3. The average Bonchev–Trinajstić information content (AvgIpc) is 3.13. The maximum atomic E-state index is 11.8. The van der Waals surface area contributed by atoms with Crippen molar-refractivity contribution in [2.24, 2.45) is 0 Å². The van der Waals surface area contributed by atoms with Crippen LogP contribution in [-0.4, -0.2) is 30.8 Å². The van der Waals surface area contributed by atoms with Crippen molar-refractivity contribution in [1.82, 2.24) is 16.0 Å². The lowest BCUT2D eigenvalue weighted by atomic mass is 10.1. The molecule has 24 heavy (non-hydrogen) atoms.